The average molecular weight is 284 g/mol. The topological polar surface area (TPSA) is 41.6 Å². The highest BCUT2D eigenvalue weighted by Crippen LogP contribution is 2.27. The summed E-state index contributed by atoms with van der Waals surface area (Å²) in [5.41, 5.74) is -0.591. The normalized spacial score (nSPS) is 18.6. The fraction of sp³-hybridized carbons (Fsp3) is 0.938. The monoisotopic (exact) mass is 284 g/mol. The summed E-state index contributed by atoms with van der Waals surface area (Å²) in [6.45, 7) is 12.2. The number of hydrogen-bond donors (Lipinski definition) is 1. The summed E-state index contributed by atoms with van der Waals surface area (Å²) in [6.07, 6.45) is 5.07. The number of nitrogens with zero attached hydrogens (tertiary/aromatic N) is 1. The smallest absolute Gasteiger partial charge is 0.327 e. The molecule has 20 heavy (non-hydrogen) atoms. The highest BCUT2D eigenvalue weighted by atomic mass is 16.5. The maximum Gasteiger partial charge on any atom is 0.327 e. The van der Waals surface area contributed by atoms with Crippen molar-refractivity contribution in [1.29, 1.82) is 0 Å². The summed E-state index contributed by atoms with van der Waals surface area (Å²) in [5.74, 6) is 0.702. The van der Waals surface area contributed by atoms with Crippen LogP contribution < -0.4 is 5.32 Å². The first kappa shape index (κ1) is 17.4. The quantitative estimate of drug-likeness (QED) is 0.626. The molecule has 1 aliphatic rings. The van der Waals surface area contributed by atoms with E-state index in [0.717, 1.165) is 38.5 Å². The zero-order valence-electron chi connectivity index (χ0n) is 13.7. The van der Waals surface area contributed by atoms with Crippen LogP contribution in [0.4, 0.5) is 0 Å². The Hall–Kier alpha value is -0.610. The van der Waals surface area contributed by atoms with Crippen molar-refractivity contribution in [2.75, 3.05) is 32.8 Å². The van der Waals surface area contributed by atoms with Crippen molar-refractivity contribution in [1.82, 2.24) is 10.2 Å². The fourth-order valence-corrected chi connectivity index (χ4v) is 2.68. The molecule has 1 fully saturated rings. The average Bonchev–Trinajstić information content (AvgIpc) is 2.39. The Morgan fingerprint density at radius 2 is 2.05 bits per heavy atom. The zero-order chi connectivity index (χ0) is 15.0. The van der Waals surface area contributed by atoms with Crippen molar-refractivity contribution >= 4 is 5.97 Å². The minimum absolute atomic E-state index is 0.125. The molecule has 1 aliphatic carbocycles. The van der Waals surface area contributed by atoms with E-state index < -0.39 is 5.54 Å². The van der Waals surface area contributed by atoms with Crippen molar-refractivity contribution in [3.8, 4) is 0 Å². The lowest BCUT2D eigenvalue weighted by molar-refractivity contribution is -0.151. The molecule has 1 saturated carbocycles. The minimum Gasteiger partial charge on any atom is -0.465 e. The molecular weight excluding hydrogens is 252 g/mol. The van der Waals surface area contributed by atoms with Crippen LogP contribution in [0.2, 0.25) is 0 Å². The molecule has 0 heterocycles. The Labute approximate surface area is 124 Å². The molecule has 0 aromatic rings. The van der Waals surface area contributed by atoms with Gasteiger partial charge < -0.3 is 15.0 Å². The van der Waals surface area contributed by atoms with E-state index in [4.69, 9.17) is 4.74 Å². The molecule has 1 unspecified atom stereocenters. The summed E-state index contributed by atoms with van der Waals surface area (Å²) in [4.78, 5) is 14.7. The Balaban J connectivity index is 2.61. The van der Waals surface area contributed by atoms with Crippen molar-refractivity contribution in [3.63, 3.8) is 0 Å². The Morgan fingerprint density at radius 3 is 2.50 bits per heavy atom. The largest absolute Gasteiger partial charge is 0.465 e. The van der Waals surface area contributed by atoms with Gasteiger partial charge in [-0.2, -0.15) is 0 Å². The SMILES string of the molecule is CCCNC(C)(CN(CC)CC1CCC1)C(=O)OCC. The van der Waals surface area contributed by atoms with Crippen molar-refractivity contribution in [2.24, 2.45) is 5.92 Å². The van der Waals surface area contributed by atoms with Crippen LogP contribution in [-0.2, 0) is 9.53 Å². The van der Waals surface area contributed by atoms with Crippen molar-refractivity contribution in [3.05, 3.63) is 0 Å². The first-order valence-electron chi connectivity index (χ1n) is 8.20. The van der Waals surface area contributed by atoms with Gasteiger partial charge in [0, 0.05) is 13.1 Å². The number of likely N-dealkylation sites (N-methyl/N-ethyl adjacent to an activating group) is 1. The molecule has 1 atom stereocenters. The lowest BCUT2D eigenvalue weighted by Gasteiger charge is -2.37. The number of nitrogens with one attached hydrogen (secondary N) is 1. The van der Waals surface area contributed by atoms with Gasteiger partial charge in [0.15, 0.2) is 0 Å². The first-order valence-corrected chi connectivity index (χ1v) is 8.20. The molecule has 0 bridgehead atoms. The van der Waals surface area contributed by atoms with E-state index in [0.29, 0.717) is 6.61 Å². The fourth-order valence-electron chi connectivity index (χ4n) is 2.68. The third-order valence-electron chi connectivity index (χ3n) is 4.22. The van der Waals surface area contributed by atoms with Gasteiger partial charge in [-0.3, -0.25) is 4.79 Å². The van der Waals surface area contributed by atoms with E-state index in [-0.39, 0.29) is 5.97 Å². The number of rotatable bonds is 10. The van der Waals surface area contributed by atoms with Crippen LogP contribution in [0, 0.1) is 5.92 Å². The maximum atomic E-state index is 12.3. The Bertz CT molecular complexity index is 292. The van der Waals surface area contributed by atoms with Crippen LogP contribution in [0.1, 0.15) is 53.4 Å². The maximum absolute atomic E-state index is 12.3. The van der Waals surface area contributed by atoms with Gasteiger partial charge in [0.25, 0.3) is 0 Å². The van der Waals surface area contributed by atoms with E-state index >= 15 is 0 Å². The molecular formula is C16H32N2O2. The van der Waals surface area contributed by atoms with Crippen LogP contribution in [0.25, 0.3) is 0 Å². The molecule has 0 amide bonds. The van der Waals surface area contributed by atoms with Gasteiger partial charge in [-0.05, 0) is 52.1 Å². The van der Waals surface area contributed by atoms with Gasteiger partial charge in [-0.25, -0.2) is 0 Å². The van der Waals surface area contributed by atoms with Gasteiger partial charge in [-0.1, -0.05) is 20.3 Å². The number of hydrogen-bond acceptors (Lipinski definition) is 4. The molecule has 0 radical (unpaired) electrons. The van der Waals surface area contributed by atoms with Gasteiger partial charge in [0.1, 0.15) is 5.54 Å². The van der Waals surface area contributed by atoms with E-state index in [9.17, 15) is 4.79 Å². The van der Waals surface area contributed by atoms with Gasteiger partial charge in [0.05, 0.1) is 6.61 Å². The van der Waals surface area contributed by atoms with E-state index in [1.54, 1.807) is 0 Å². The summed E-state index contributed by atoms with van der Waals surface area (Å²) >= 11 is 0. The van der Waals surface area contributed by atoms with Gasteiger partial charge in [0.2, 0.25) is 0 Å². The van der Waals surface area contributed by atoms with E-state index in [1.807, 2.05) is 13.8 Å². The minimum atomic E-state index is -0.591. The summed E-state index contributed by atoms with van der Waals surface area (Å²) in [7, 11) is 0. The molecule has 118 valence electrons. The second-order valence-corrected chi connectivity index (χ2v) is 6.10. The lowest BCUT2D eigenvalue weighted by Crippen LogP contribution is -2.58. The Kier molecular flexibility index (Phi) is 7.52. The molecule has 4 heteroatoms. The summed E-state index contributed by atoms with van der Waals surface area (Å²) in [6, 6.07) is 0. The summed E-state index contributed by atoms with van der Waals surface area (Å²) in [5, 5.41) is 3.39. The van der Waals surface area contributed by atoms with Gasteiger partial charge >= 0.3 is 5.97 Å². The van der Waals surface area contributed by atoms with Crippen LogP contribution in [-0.4, -0.2) is 49.2 Å². The van der Waals surface area contributed by atoms with Gasteiger partial charge in [-0.15, -0.1) is 0 Å². The van der Waals surface area contributed by atoms with Crippen molar-refractivity contribution < 1.29 is 9.53 Å². The summed E-state index contributed by atoms with van der Waals surface area (Å²) < 4.78 is 5.27. The number of ether oxygens (including phenoxy) is 1. The van der Waals surface area contributed by atoms with Crippen molar-refractivity contribution in [2.45, 2.75) is 58.9 Å². The lowest BCUT2D eigenvalue weighted by atomic mass is 9.85. The number of carbonyl (C=O) groups excluding carboxylic acids is 1. The van der Waals surface area contributed by atoms with Crippen LogP contribution in [0.3, 0.4) is 0 Å². The third kappa shape index (κ3) is 5.06. The second kappa shape index (κ2) is 8.63. The van der Waals surface area contributed by atoms with E-state index in [2.05, 4.69) is 24.1 Å². The zero-order valence-corrected chi connectivity index (χ0v) is 13.7. The Morgan fingerprint density at radius 1 is 1.35 bits per heavy atom. The molecule has 0 aromatic heterocycles. The number of esters is 1. The van der Waals surface area contributed by atoms with Crippen LogP contribution >= 0.6 is 0 Å². The van der Waals surface area contributed by atoms with E-state index in [1.165, 1.54) is 19.3 Å². The highest BCUT2D eigenvalue weighted by Gasteiger charge is 2.36. The molecule has 1 rings (SSSR count). The second-order valence-electron chi connectivity index (χ2n) is 6.10. The standard InChI is InChI=1S/C16H32N2O2/c1-5-11-17-16(4,15(19)20-7-3)13-18(6-2)12-14-9-8-10-14/h14,17H,5-13H2,1-4H3. The molecule has 1 N–H and O–H groups in total. The molecule has 0 spiro atoms. The molecule has 0 aromatic carbocycles. The highest BCUT2D eigenvalue weighted by molar-refractivity contribution is 5.80. The van der Waals surface area contributed by atoms with Crippen LogP contribution in [0.15, 0.2) is 0 Å². The third-order valence-corrected chi connectivity index (χ3v) is 4.22. The predicted molar refractivity (Wildman–Crippen MR) is 82.8 cm³/mol. The number of carbonyl (C=O) groups is 1. The molecule has 0 aliphatic heterocycles. The predicted octanol–water partition coefficient (Wildman–Crippen LogP) is 2.43. The molecule has 0 saturated heterocycles. The first-order chi connectivity index (χ1) is 9.55. The van der Waals surface area contributed by atoms with Crippen LogP contribution in [0.5, 0.6) is 0 Å². The molecule has 4 nitrogen and oxygen atoms in total.